The van der Waals surface area contributed by atoms with Gasteiger partial charge in [-0.3, -0.25) is 0 Å². The molecule has 0 bridgehead atoms. The van der Waals surface area contributed by atoms with Crippen molar-refractivity contribution in [3.63, 3.8) is 0 Å². The normalized spacial score (nSPS) is 12.6. The van der Waals surface area contributed by atoms with Gasteiger partial charge in [-0.15, -0.1) is 11.3 Å². The van der Waals surface area contributed by atoms with E-state index in [2.05, 4.69) is 40.4 Å². The van der Waals surface area contributed by atoms with Gasteiger partial charge in [-0.1, -0.05) is 6.92 Å². The maximum absolute atomic E-state index is 6.06. The SMILES string of the molecule is CCC(C)N(CC)c1snc(N)c1-c1nc(C)cs1. The van der Waals surface area contributed by atoms with Gasteiger partial charge in [-0.25, -0.2) is 4.98 Å². The van der Waals surface area contributed by atoms with Crippen molar-refractivity contribution in [1.29, 1.82) is 0 Å². The van der Waals surface area contributed by atoms with Gasteiger partial charge in [-0.2, -0.15) is 4.37 Å². The molecule has 2 rings (SSSR count). The van der Waals surface area contributed by atoms with Crippen LogP contribution >= 0.6 is 22.9 Å². The molecule has 0 amide bonds. The van der Waals surface area contributed by atoms with Gasteiger partial charge in [-0.05, 0) is 38.7 Å². The molecule has 2 aromatic rings. The van der Waals surface area contributed by atoms with Crippen molar-refractivity contribution >= 4 is 33.7 Å². The molecule has 104 valence electrons. The first-order valence-electron chi connectivity index (χ1n) is 6.52. The summed E-state index contributed by atoms with van der Waals surface area (Å²) in [6, 6.07) is 0.477. The number of nitrogen functional groups attached to an aromatic ring is 1. The third-order valence-corrected chi connectivity index (χ3v) is 5.13. The van der Waals surface area contributed by atoms with Crippen molar-refractivity contribution in [2.45, 2.75) is 40.2 Å². The number of hydrogen-bond acceptors (Lipinski definition) is 6. The van der Waals surface area contributed by atoms with Gasteiger partial charge in [0.15, 0.2) is 0 Å². The smallest absolute Gasteiger partial charge is 0.149 e. The van der Waals surface area contributed by atoms with Crippen LogP contribution in [0, 0.1) is 6.92 Å². The van der Waals surface area contributed by atoms with Crippen molar-refractivity contribution in [2.24, 2.45) is 0 Å². The van der Waals surface area contributed by atoms with E-state index in [-0.39, 0.29) is 0 Å². The monoisotopic (exact) mass is 296 g/mol. The summed E-state index contributed by atoms with van der Waals surface area (Å²) in [5, 5.41) is 4.17. The minimum Gasteiger partial charge on any atom is -0.382 e. The van der Waals surface area contributed by atoms with Crippen LogP contribution in [0.4, 0.5) is 10.8 Å². The molecular formula is C13H20N4S2. The van der Waals surface area contributed by atoms with Crippen molar-refractivity contribution in [3.8, 4) is 10.6 Å². The van der Waals surface area contributed by atoms with Gasteiger partial charge in [0.2, 0.25) is 0 Å². The molecule has 0 fully saturated rings. The van der Waals surface area contributed by atoms with E-state index in [9.17, 15) is 0 Å². The summed E-state index contributed by atoms with van der Waals surface area (Å²) in [6.45, 7) is 9.55. The number of nitrogens with zero attached hydrogens (tertiary/aromatic N) is 3. The summed E-state index contributed by atoms with van der Waals surface area (Å²) in [4.78, 5) is 6.92. The molecule has 0 aromatic carbocycles. The van der Waals surface area contributed by atoms with Crippen LogP contribution in [-0.2, 0) is 0 Å². The molecule has 0 saturated heterocycles. The first-order valence-corrected chi connectivity index (χ1v) is 8.18. The molecule has 4 nitrogen and oxygen atoms in total. The summed E-state index contributed by atoms with van der Waals surface area (Å²) in [7, 11) is 0. The fourth-order valence-corrected chi connectivity index (χ4v) is 3.93. The molecule has 0 saturated carbocycles. The fourth-order valence-electron chi connectivity index (χ4n) is 2.03. The van der Waals surface area contributed by atoms with Gasteiger partial charge < -0.3 is 10.6 Å². The predicted molar refractivity (Wildman–Crippen MR) is 85.1 cm³/mol. The Morgan fingerprint density at radius 3 is 2.68 bits per heavy atom. The molecule has 19 heavy (non-hydrogen) atoms. The Morgan fingerprint density at radius 2 is 2.16 bits per heavy atom. The summed E-state index contributed by atoms with van der Waals surface area (Å²) >= 11 is 3.11. The number of hydrogen-bond donors (Lipinski definition) is 1. The number of aromatic nitrogens is 2. The van der Waals surface area contributed by atoms with Gasteiger partial charge in [0.05, 0.1) is 5.56 Å². The quantitative estimate of drug-likeness (QED) is 0.912. The Labute approximate surface area is 122 Å². The Morgan fingerprint density at radius 1 is 1.42 bits per heavy atom. The van der Waals surface area contributed by atoms with Gasteiger partial charge >= 0.3 is 0 Å². The number of rotatable bonds is 5. The number of nitrogens with two attached hydrogens (primary N) is 1. The second-order valence-corrected chi connectivity index (χ2v) is 6.20. The molecule has 0 spiro atoms. The number of aryl methyl sites for hydroxylation is 1. The van der Waals surface area contributed by atoms with E-state index in [4.69, 9.17) is 5.73 Å². The summed E-state index contributed by atoms with van der Waals surface area (Å²) in [5.74, 6) is 0.594. The average molecular weight is 296 g/mol. The van der Waals surface area contributed by atoms with E-state index in [1.54, 1.807) is 11.3 Å². The van der Waals surface area contributed by atoms with E-state index in [1.807, 2.05) is 6.92 Å². The Hall–Kier alpha value is -1.14. The lowest BCUT2D eigenvalue weighted by Crippen LogP contribution is -2.31. The van der Waals surface area contributed by atoms with Crippen LogP contribution in [0.5, 0.6) is 0 Å². The second-order valence-electron chi connectivity index (χ2n) is 4.59. The fraction of sp³-hybridized carbons (Fsp3) is 0.538. The lowest BCUT2D eigenvalue weighted by Gasteiger charge is -2.28. The van der Waals surface area contributed by atoms with Crippen LogP contribution in [-0.4, -0.2) is 21.9 Å². The van der Waals surface area contributed by atoms with Crippen molar-refractivity contribution in [2.75, 3.05) is 17.2 Å². The van der Waals surface area contributed by atoms with Crippen LogP contribution in [0.3, 0.4) is 0 Å². The van der Waals surface area contributed by atoms with Crippen molar-refractivity contribution in [1.82, 2.24) is 9.36 Å². The predicted octanol–water partition coefficient (Wildman–Crippen LogP) is 3.78. The van der Waals surface area contributed by atoms with Crippen molar-refractivity contribution < 1.29 is 0 Å². The average Bonchev–Trinajstić information content (AvgIpc) is 2.96. The molecule has 1 unspecified atom stereocenters. The lowest BCUT2D eigenvalue weighted by atomic mass is 10.2. The van der Waals surface area contributed by atoms with E-state index in [0.717, 1.165) is 34.2 Å². The van der Waals surface area contributed by atoms with Crippen LogP contribution < -0.4 is 10.6 Å². The van der Waals surface area contributed by atoms with Crippen LogP contribution in [0.25, 0.3) is 10.6 Å². The first kappa shape index (κ1) is 14.3. The van der Waals surface area contributed by atoms with Crippen LogP contribution in [0.15, 0.2) is 5.38 Å². The first-order chi connectivity index (χ1) is 9.08. The molecule has 6 heteroatoms. The highest BCUT2D eigenvalue weighted by molar-refractivity contribution is 7.15. The zero-order valence-electron chi connectivity index (χ0n) is 11.8. The summed E-state index contributed by atoms with van der Waals surface area (Å²) < 4.78 is 4.33. The zero-order chi connectivity index (χ0) is 14.0. The second kappa shape index (κ2) is 5.88. The van der Waals surface area contributed by atoms with Gasteiger partial charge in [0, 0.05) is 23.7 Å². The van der Waals surface area contributed by atoms with Crippen LogP contribution in [0.2, 0.25) is 0 Å². The zero-order valence-corrected chi connectivity index (χ0v) is 13.4. The molecular weight excluding hydrogens is 276 g/mol. The Kier molecular flexibility index (Phi) is 4.42. The number of anilines is 2. The standard InChI is InChI=1S/C13H20N4S2/c1-5-9(4)17(6-2)13-10(11(14)16-19-13)12-15-8(3)7-18-12/h7,9H,5-6H2,1-4H3,(H2,14,16). The van der Waals surface area contributed by atoms with Gasteiger partial charge in [0.1, 0.15) is 15.8 Å². The van der Waals surface area contributed by atoms with E-state index < -0.39 is 0 Å². The van der Waals surface area contributed by atoms with Crippen molar-refractivity contribution in [3.05, 3.63) is 11.1 Å². The highest BCUT2D eigenvalue weighted by atomic mass is 32.1. The molecule has 0 radical (unpaired) electrons. The Bertz CT molecular complexity index is 547. The third kappa shape index (κ3) is 2.74. The highest BCUT2D eigenvalue weighted by Crippen LogP contribution is 2.41. The molecule has 1 atom stereocenters. The molecule has 2 aromatic heterocycles. The third-order valence-electron chi connectivity index (χ3n) is 3.26. The highest BCUT2D eigenvalue weighted by Gasteiger charge is 2.23. The van der Waals surface area contributed by atoms with E-state index in [1.165, 1.54) is 11.5 Å². The largest absolute Gasteiger partial charge is 0.382 e. The Balaban J connectivity index is 2.47. The lowest BCUT2D eigenvalue weighted by molar-refractivity contribution is 0.634. The maximum Gasteiger partial charge on any atom is 0.149 e. The molecule has 0 aliphatic rings. The van der Waals surface area contributed by atoms with Gasteiger partial charge in [0.25, 0.3) is 0 Å². The summed E-state index contributed by atoms with van der Waals surface area (Å²) in [5.41, 5.74) is 8.09. The molecule has 2 N–H and O–H groups in total. The van der Waals surface area contributed by atoms with Crippen LogP contribution in [0.1, 0.15) is 32.9 Å². The maximum atomic E-state index is 6.06. The van der Waals surface area contributed by atoms with E-state index in [0.29, 0.717) is 11.9 Å². The number of thiazole rings is 1. The topological polar surface area (TPSA) is 55.0 Å². The molecule has 0 aliphatic heterocycles. The minimum atomic E-state index is 0.477. The molecule has 0 aliphatic carbocycles. The van der Waals surface area contributed by atoms with E-state index >= 15 is 0 Å². The molecule has 2 heterocycles. The summed E-state index contributed by atoms with van der Waals surface area (Å²) in [6.07, 6.45) is 1.10. The minimum absolute atomic E-state index is 0.477.